The van der Waals surface area contributed by atoms with Crippen LogP contribution in [-0.2, 0) is 9.59 Å². The van der Waals surface area contributed by atoms with Crippen LogP contribution in [0.15, 0.2) is 42.2 Å². The number of nitrogen functional groups attached to an aromatic ring is 1. The number of benzene rings is 1. The third-order valence-electron chi connectivity index (χ3n) is 4.29. The Kier molecular flexibility index (Phi) is 4.44. The largest absolute Gasteiger partial charge is 0.491 e. The van der Waals surface area contributed by atoms with Crippen molar-refractivity contribution < 1.29 is 14.3 Å². The van der Waals surface area contributed by atoms with E-state index in [0.29, 0.717) is 22.7 Å². The van der Waals surface area contributed by atoms with Crippen LogP contribution in [0.5, 0.6) is 5.75 Å². The first kappa shape index (κ1) is 17.2. The van der Waals surface area contributed by atoms with Gasteiger partial charge in [0, 0.05) is 17.3 Å². The number of anilines is 1. The number of aromatic amines is 1. The number of para-hydroxylation sites is 1. The molecule has 136 valence electrons. The van der Waals surface area contributed by atoms with Gasteiger partial charge in [0.15, 0.2) is 0 Å². The molecule has 0 radical (unpaired) electrons. The molecule has 1 aromatic carbocycles. The second-order valence-electron chi connectivity index (χ2n) is 5.94. The van der Waals surface area contributed by atoms with E-state index in [1.807, 2.05) is 6.07 Å². The Morgan fingerprint density at radius 1 is 1.15 bits per heavy atom. The third kappa shape index (κ3) is 3.02. The molecule has 2 aromatic rings. The number of aromatic nitrogens is 1. The highest BCUT2D eigenvalue weighted by molar-refractivity contribution is 6.00. The van der Waals surface area contributed by atoms with Crippen LogP contribution in [0.2, 0.25) is 0 Å². The lowest BCUT2D eigenvalue weighted by Gasteiger charge is -2.33. The molecule has 0 saturated carbocycles. The molecule has 2 atom stereocenters. The number of H-pyrrole nitrogens is 1. The van der Waals surface area contributed by atoms with E-state index in [0.717, 1.165) is 0 Å². The Morgan fingerprint density at radius 2 is 1.88 bits per heavy atom. The van der Waals surface area contributed by atoms with Gasteiger partial charge in [-0.05, 0) is 12.1 Å². The number of carbonyl (C=O) groups excluding carboxylic acids is 2. The van der Waals surface area contributed by atoms with Gasteiger partial charge in [0.2, 0.25) is 5.91 Å². The Bertz CT molecular complexity index is 888. The van der Waals surface area contributed by atoms with Crippen LogP contribution in [0.25, 0.3) is 5.70 Å². The van der Waals surface area contributed by atoms with Crippen LogP contribution < -0.4 is 33.0 Å². The molecule has 9 heteroatoms. The highest BCUT2D eigenvalue weighted by atomic mass is 16.5. The Balaban J connectivity index is 2.02. The van der Waals surface area contributed by atoms with Gasteiger partial charge in [0.25, 0.3) is 5.91 Å². The summed E-state index contributed by atoms with van der Waals surface area (Å²) in [7, 11) is 0. The molecule has 0 saturated heterocycles. The summed E-state index contributed by atoms with van der Waals surface area (Å²) in [5.41, 5.74) is 23.9. The van der Waals surface area contributed by atoms with Crippen molar-refractivity contribution in [2.24, 2.45) is 17.2 Å². The average molecular weight is 356 g/mol. The number of fused-ring (bicyclic) bond motifs is 1. The minimum atomic E-state index is -0.819. The molecular formula is C17H20N6O3. The van der Waals surface area contributed by atoms with Gasteiger partial charge < -0.3 is 38.0 Å². The molecule has 3 rings (SSSR count). The van der Waals surface area contributed by atoms with Crippen molar-refractivity contribution in [2.45, 2.75) is 12.0 Å². The molecule has 1 aliphatic rings. The molecule has 2 heterocycles. The lowest BCUT2D eigenvalue weighted by atomic mass is 9.88. The zero-order valence-corrected chi connectivity index (χ0v) is 13.9. The number of hydrogen-bond donors (Lipinski definition) is 6. The molecule has 9 nitrogen and oxygen atoms in total. The fraction of sp³-hybridized carbons (Fsp3) is 0.176. The number of amides is 2. The molecule has 10 N–H and O–H groups in total. The van der Waals surface area contributed by atoms with Crippen molar-refractivity contribution in [1.82, 2.24) is 10.3 Å². The van der Waals surface area contributed by atoms with Crippen molar-refractivity contribution in [3.63, 3.8) is 0 Å². The number of carbonyl (C=O) groups is 2. The van der Waals surface area contributed by atoms with Crippen molar-refractivity contribution in [2.75, 3.05) is 12.3 Å². The highest BCUT2D eigenvalue weighted by Gasteiger charge is 2.36. The van der Waals surface area contributed by atoms with Crippen molar-refractivity contribution in [1.29, 1.82) is 0 Å². The normalized spacial score (nSPS) is 19.7. The molecule has 0 spiro atoms. The maximum atomic E-state index is 12.1. The van der Waals surface area contributed by atoms with Crippen LogP contribution in [-0.4, -0.2) is 29.4 Å². The van der Waals surface area contributed by atoms with Crippen LogP contribution in [0.4, 0.5) is 5.82 Å². The van der Waals surface area contributed by atoms with E-state index in [4.69, 9.17) is 27.7 Å². The number of nitrogens with two attached hydrogens (primary N) is 4. The van der Waals surface area contributed by atoms with Gasteiger partial charge in [-0.1, -0.05) is 18.2 Å². The fourth-order valence-corrected chi connectivity index (χ4v) is 3.05. The van der Waals surface area contributed by atoms with Crippen LogP contribution in [0, 0.1) is 0 Å². The van der Waals surface area contributed by atoms with E-state index < -0.39 is 23.8 Å². The number of primary amides is 2. The molecule has 0 fully saturated rings. The van der Waals surface area contributed by atoms with Crippen LogP contribution in [0.1, 0.15) is 17.0 Å². The zero-order chi connectivity index (χ0) is 18.8. The average Bonchev–Trinajstić information content (AvgIpc) is 3.04. The summed E-state index contributed by atoms with van der Waals surface area (Å²) in [5.74, 6) is -1.15. The zero-order valence-electron chi connectivity index (χ0n) is 13.9. The SMILES string of the molecule is NC(=O)/C(N)=C(\NC1COc2ccccc2C1C(N)=O)c1cc[nH]c1N. The van der Waals surface area contributed by atoms with E-state index in [2.05, 4.69) is 10.3 Å². The molecule has 1 aliphatic heterocycles. The topological polar surface area (TPSA) is 175 Å². The van der Waals surface area contributed by atoms with Crippen LogP contribution in [0.3, 0.4) is 0 Å². The second kappa shape index (κ2) is 6.71. The van der Waals surface area contributed by atoms with Gasteiger partial charge in [0.05, 0.1) is 17.7 Å². The number of hydrogen-bond acceptors (Lipinski definition) is 6. The molecular weight excluding hydrogens is 336 g/mol. The molecule has 2 unspecified atom stereocenters. The standard InChI is InChI=1S/C17H20N6O3/c18-13(17(21)25)14(9-5-6-22-15(9)19)23-10-7-26-11-4-2-1-3-8(11)12(10)16(20)24/h1-6,10,12,22-23H,7,18-19H2,(H2,20,24)(H2,21,25)/b14-13+. The van der Waals surface area contributed by atoms with Crippen molar-refractivity contribution in [3.8, 4) is 5.75 Å². The van der Waals surface area contributed by atoms with E-state index in [1.54, 1.807) is 30.5 Å². The molecule has 1 aromatic heterocycles. The summed E-state index contributed by atoms with van der Waals surface area (Å²) in [5, 5.41) is 3.08. The summed E-state index contributed by atoms with van der Waals surface area (Å²) in [4.78, 5) is 26.6. The van der Waals surface area contributed by atoms with Crippen molar-refractivity contribution in [3.05, 3.63) is 53.4 Å². The minimum Gasteiger partial charge on any atom is -0.491 e. The highest BCUT2D eigenvalue weighted by Crippen LogP contribution is 2.34. The smallest absolute Gasteiger partial charge is 0.266 e. The minimum absolute atomic E-state index is 0.143. The summed E-state index contributed by atoms with van der Waals surface area (Å²) < 4.78 is 5.72. The quantitative estimate of drug-likeness (QED) is 0.387. The number of rotatable bonds is 5. The Labute approximate surface area is 149 Å². The van der Waals surface area contributed by atoms with E-state index >= 15 is 0 Å². The van der Waals surface area contributed by atoms with Gasteiger partial charge >= 0.3 is 0 Å². The number of nitrogens with one attached hydrogen (secondary N) is 2. The molecule has 0 bridgehead atoms. The fourth-order valence-electron chi connectivity index (χ4n) is 3.05. The summed E-state index contributed by atoms with van der Waals surface area (Å²) >= 11 is 0. The van der Waals surface area contributed by atoms with Gasteiger partial charge in [-0.3, -0.25) is 9.59 Å². The van der Waals surface area contributed by atoms with Gasteiger partial charge in [0.1, 0.15) is 23.9 Å². The van der Waals surface area contributed by atoms with E-state index in [-0.39, 0.29) is 18.0 Å². The summed E-state index contributed by atoms with van der Waals surface area (Å²) in [6, 6.07) is 8.21. The monoisotopic (exact) mass is 356 g/mol. The summed E-state index contributed by atoms with van der Waals surface area (Å²) in [6.45, 7) is 0.143. The Morgan fingerprint density at radius 3 is 2.50 bits per heavy atom. The maximum Gasteiger partial charge on any atom is 0.266 e. The molecule has 0 aliphatic carbocycles. The first-order chi connectivity index (χ1) is 12.4. The van der Waals surface area contributed by atoms with Crippen LogP contribution >= 0.6 is 0 Å². The lowest BCUT2D eigenvalue weighted by molar-refractivity contribution is -0.120. The van der Waals surface area contributed by atoms with E-state index in [1.165, 1.54) is 0 Å². The third-order valence-corrected chi connectivity index (χ3v) is 4.29. The Hall–Kier alpha value is -3.62. The number of ether oxygens (including phenoxy) is 1. The lowest BCUT2D eigenvalue weighted by Crippen LogP contribution is -2.47. The van der Waals surface area contributed by atoms with Crippen molar-refractivity contribution >= 4 is 23.3 Å². The first-order valence-electron chi connectivity index (χ1n) is 7.90. The first-order valence-corrected chi connectivity index (χ1v) is 7.90. The van der Waals surface area contributed by atoms with E-state index in [9.17, 15) is 9.59 Å². The maximum absolute atomic E-state index is 12.1. The van der Waals surface area contributed by atoms with Gasteiger partial charge in [-0.2, -0.15) is 0 Å². The van der Waals surface area contributed by atoms with Gasteiger partial charge in [-0.25, -0.2) is 0 Å². The molecule has 26 heavy (non-hydrogen) atoms. The molecule has 2 amide bonds. The summed E-state index contributed by atoms with van der Waals surface area (Å²) in [6.07, 6.45) is 1.60. The second-order valence-corrected chi connectivity index (χ2v) is 5.94. The predicted molar refractivity (Wildman–Crippen MR) is 96.3 cm³/mol. The predicted octanol–water partition coefficient (Wildman–Crippen LogP) is -0.671. The van der Waals surface area contributed by atoms with Gasteiger partial charge in [-0.15, -0.1) is 0 Å².